The Kier molecular flexibility index (Phi) is 6.05. The van der Waals surface area contributed by atoms with Crippen molar-refractivity contribution in [3.05, 3.63) is 0 Å². The predicted molar refractivity (Wildman–Crippen MR) is 51.8 cm³/mol. The summed E-state index contributed by atoms with van der Waals surface area (Å²) in [6.07, 6.45) is 0. The number of rotatable bonds is 2. The van der Waals surface area contributed by atoms with Crippen LogP contribution in [0.15, 0.2) is 9.98 Å². The summed E-state index contributed by atoms with van der Waals surface area (Å²) in [4.78, 5) is 8.21. The van der Waals surface area contributed by atoms with Crippen molar-refractivity contribution in [2.75, 3.05) is 20.2 Å². The summed E-state index contributed by atoms with van der Waals surface area (Å²) in [7, 11) is 1.58. The molecule has 0 bridgehead atoms. The Morgan fingerprint density at radius 2 is 2.08 bits per heavy atom. The molecular weight excluding hydrogens is 154 g/mol. The van der Waals surface area contributed by atoms with Crippen LogP contribution in [0.5, 0.6) is 0 Å². The van der Waals surface area contributed by atoms with Gasteiger partial charge >= 0.3 is 0 Å². The zero-order chi connectivity index (χ0) is 9.40. The monoisotopic (exact) mass is 171 g/mol. The first-order valence-electron chi connectivity index (χ1n) is 4.12. The van der Waals surface area contributed by atoms with E-state index < -0.39 is 0 Å². The van der Waals surface area contributed by atoms with E-state index in [-0.39, 0.29) is 0 Å². The summed E-state index contributed by atoms with van der Waals surface area (Å²) in [6, 6.07) is 0.521. The topological polar surface area (TPSA) is 46.0 Å². The number of nitrogens with zero attached hydrogens (tertiary/aromatic N) is 2. The van der Waals surface area contributed by atoms with Crippen molar-refractivity contribution < 1.29 is 4.74 Å². The van der Waals surface area contributed by atoms with Crippen molar-refractivity contribution in [2.45, 2.75) is 20.8 Å². The molecule has 0 spiro atoms. The van der Waals surface area contributed by atoms with E-state index in [4.69, 9.17) is 4.74 Å². The van der Waals surface area contributed by atoms with E-state index in [1.54, 1.807) is 7.11 Å². The maximum Gasteiger partial charge on any atom is 0.290 e. The van der Waals surface area contributed by atoms with Gasteiger partial charge in [-0.1, -0.05) is 0 Å². The second-order valence-electron chi connectivity index (χ2n) is 2.17. The van der Waals surface area contributed by atoms with Crippen molar-refractivity contribution in [2.24, 2.45) is 9.98 Å². The van der Waals surface area contributed by atoms with Gasteiger partial charge in [-0.2, -0.15) is 4.99 Å². The highest BCUT2D eigenvalue weighted by Gasteiger charge is 1.94. The van der Waals surface area contributed by atoms with E-state index in [9.17, 15) is 0 Å². The molecule has 0 fully saturated rings. The minimum atomic E-state index is 0.521. The van der Waals surface area contributed by atoms with Crippen LogP contribution in [-0.4, -0.2) is 32.1 Å². The third-order valence-electron chi connectivity index (χ3n) is 1.17. The average Bonchev–Trinajstić information content (AvgIpc) is 2.04. The molecule has 0 radical (unpaired) electrons. The molecule has 0 heterocycles. The van der Waals surface area contributed by atoms with Gasteiger partial charge in [0.2, 0.25) is 0 Å². The lowest BCUT2D eigenvalue weighted by Crippen LogP contribution is -2.25. The number of hydrogen-bond donors (Lipinski definition) is 1. The molecule has 70 valence electrons. The van der Waals surface area contributed by atoms with Crippen LogP contribution in [0.2, 0.25) is 0 Å². The Labute approximate surface area is 73.7 Å². The molecule has 12 heavy (non-hydrogen) atoms. The van der Waals surface area contributed by atoms with Crippen LogP contribution in [0.4, 0.5) is 0 Å². The Balaban J connectivity index is 4.16. The highest BCUT2D eigenvalue weighted by atomic mass is 16.5. The Hall–Kier alpha value is -1.06. The number of methoxy groups -OCH3 is 1. The van der Waals surface area contributed by atoms with E-state index >= 15 is 0 Å². The van der Waals surface area contributed by atoms with Crippen molar-refractivity contribution in [3.8, 4) is 0 Å². The van der Waals surface area contributed by atoms with Crippen LogP contribution in [0.3, 0.4) is 0 Å². The molecule has 1 N–H and O–H groups in total. The number of amidine groups is 2. The highest BCUT2D eigenvalue weighted by Crippen LogP contribution is 1.83. The van der Waals surface area contributed by atoms with E-state index in [2.05, 4.69) is 15.3 Å². The van der Waals surface area contributed by atoms with Crippen LogP contribution in [0, 0.1) is 0 Å². The fourth-order valence-electron chi connectivity index (χ4n) is 0.720. The molecule has 0 aliphatic carbocycles. The zero-order valence-corrected chi connectivity index (χ0v) is 8.22. The molecule has 0 amide bonds. The predicted octanol–water partition coefficient (Wildman–Crippen LogP) is 1.04. The van der Waals surface area contributed by atoms with Crippen LogP contribution < -0.4 is 5.32 Å². The van der Waals surface area contributed by atoms with Gasteiger partial charge in [-0.05, 0) is 20.8 Å². The van der Waals surface area contributed by atoms with Gasteiger partial charge in [-0.3, -0.25) is 4.99 Å². The molecule has 0 aromatic carbocycles. The zero-order valence-electron chi connectivity index (χ0n) is 8.22. The molecule has 0 saturated carbocycles. The normalized spacial score (nSPS) is 13.0. The third-order valence-corrected chi connectivity index (χ3v) is 1.17. The van der Waals surface area contributed by atoms with Gasteiger partial charge in [-0.15, -0.1) is 0 Å². The first-order chi connectivity index (χ1) is 5.74. The minimum Gasteiger partial charge on any atom is -0.468 e. The Bertz CT molecular complexity index is 175. The van der Waals surface area contributed by atoms with Crippen molar-refractivity contribution in [1.82, 2.24) is 5.32 Å². The van der Waals surface area contributed by atoms with Gasteiger partial charge < -0.3 is 10.1 Å². The van der Waals surface area contributed by atoms with Crippen LogP contribution in [-0.2, 0) is 4.74 Å². The maximum absolute atomic E-state index is 4.97. The second-order valence-corrected chi connectivity index (χ2v) is 2.17. The Morgan fingerprint density at radius 1 is 1.42 bits per heavy atom. The molecule has 0 aliphatic rings. The first-order valence-corrected chi connectivity index (χ1v) is 4.12. The van der Waals surface area contributed by atoms with Crippen molar-refractivity contribution >= 4 is 11.9 Å². The lowest BCUT2D eigenvalue weighted by Gasteiger charge is -2.04. The summed E-state index contributed by atoms with van der Waals surface area (Å²) in [5.41, 5.74) is 0. The molecule has 0 aromatic rings. The van der Waals surface area contributed by atoms with Gasteiger partial charge in [0, 0.05) is 13.1 Å². The second kappa shape index (κ2) is 6.64. The Morgan fingerprint density at radius 3 is 2.50 bits per heavy atom. The van der Waals surface area contributed by atoms with E-state index in [0.29, 0.717) is 6.02 Å². The van der Waals surface area contributed by atoms with Crippen molar-refractivity contribution in [1.29, 1.82) is 0 Å². The van der Waals surface area contributed by atoms with Gasteiger partial charge in [0.15, 0.2) is 0 Å². The first kappa shape index (κ1) is 10.9. The van der Waals surface area contributed by atoms with E-state index in [0.717, 1.165) is 18.9 Å². The van der Waals surface area contributed by atoms with Crippen LogP contribution in [0.1, 0.15) is 20.8 Å². The standard InChI is InChI=1S/C8H17N3O/c1-5-9-7(3)11-8(12-4)10-6-2/h5-6H2,1-4H3,(H,9,10,11). The SMILES string of the molecule is CC/N=C(C)\N=C(/NCC)OC. The van der Waals surface area contributed by atoms with Gasteiger partial charge in [-0.25, -0.2) is 0 Å². The molecule has 0 aliphatic heterocycles. The summed E-state index contributed by atoms with van der Waals surface area (Å²) < 4.78 is 4.97. The third kappa shape index (κ3) is 4.71. The van der Waals surface area contributed by atoms with Gasteiger partial charge in [0.05, 0.1) is 7.11 Å². The largest absolute Gasteiger partial charge is 0.468 e. The molecular formula is C8H17N3O. The van der Waals surface area contributed by atoms with E-state index in [1.807, 2.05) is 20.8 Å². The number of aliphatic imine (C=N–C) groups is 2. The lowest BCUT2D eigenvalue weighted by atomic mass is 10.6. The molecule has 4 heteroatoms. The molecule has 0 unspecified atom stereocenters. The van der Waals surface area contributed by atoms with Crippen molar-refractivity contribution in [3.63, 3.8) is 0 Å². The molecule has 0 rings (SSSR count). The van der Waals surface area contributed by atoms with Gasteiger partial charge in [0.1, 0.15) is 5.84 Å². The van der Waals surface area contributed by atoms with E-state index in [1.165, 1.54) is 0 Å². The van der Waals surface area contributed by atoms with Crippen LogP contribution in [0.25, 0.3) is 0 Å². The molecule has 4 nitrogen and oxygen atoms in total. The fraction of sp³-hybridized carbons (Fsp3) is 0.750. The summed E-state index contributed by atoms with van der Waals surface area (Å²) in [5, 5.41) is 2.97. The highest BCUT2D eigenvalue weighted by molar-refractivity contribution is 5.92. The fourth-order valence-corrected chi connectivity index (χ4v) is 0.720. The smallest absolute Gasteiger partial charge is 0.290 e. The number of hydrogen-bond acceptors (Lipinski definition) is 2. The summed E-state index contributed by atoms with van der Waals surface area (Å²) in [6.45, 7) is 7.35. The summed E-state index contributed by atoms with van der Waals surface area (Å²) in [5.74, 6) is 0.732. The quantitative estimate of drug-likeness (QED) is 0.498. The van der Waals surface area contributed by atoms with Gasteiger partial charge in [0.25, 0.3) is 6.02 Å². The average molecular weight is 171 g/mol. The maximum atomic E-state index is 4.97. The minimum absolute atomic E-state index is 0.521. The lowest BCUT2D eigenvalue weighted by molar-refractivity contribution is 0.382. The number of nitrogens with one attached hydrogen (secondary N) is 1. The molecule has 0 saturated heterocycles. The van der Waals surface area contributed by atoms with Crippen LogP contribution >= 0.6 is 0 Å². The molecule has 0 atom stereocenters. The molecule has 0 aromatic heterocycles. The summed E-state index contributed by atoms with van der Waals surface area (Å²) >= 11 is 0. The number of ether oxygens (including phenoxy) is 1.